The van der Waals surface area contributed by atoms with Crippen LogP contribution < -0.4 is 5.32 Å². The number of rotatable bonds is 7. The Kier molecular flexibility index (Phi) is 7.07. The smallest absolute Gasteiger partial charge is 0.272 e. The minimum atomic E-state index is -0.124. The molecule has 6 heteroatoms. The standard InChI is InChI=1S/C32H37Cl2N3O/c1-18-6-7-23(11-19(18)2)31-20(3)30(36-37(31)29-9-8-26(33)17-28(29)34)32(38)35-10-4-5-27-24-13-21-12-22(15-24)16-25(27)14-21/h6-9,11,17,21-22,24-25,27H,4-5,10,12-16H2,1-3H3,(H,35,38). The molecule has 1 aromatic heterocycles. The lowest BCUT2D eigenvalue weighted by Gasteiger charge is -2.54. The Morgan fingerprint density at radius 2 is 1.66 bits per heavy atom. The molecule has 0 spiro atoms. The summed E-state index contributed by atoms with van der Waals surface area (Å²) in [5.74, 6) is 4.62. The summed E-state index contributed by atoms with van der Waals surface area (Å²) in [6.45, 7) is 6.86. The highest BCUT2D eigenvalue weighted by Crippen LogP contribution is 2.57. The molecular formula is C32H37Cl2N3O. The zero-order valence-corrected chi connectivity index (χ0v) is 24.1. The second-order valence-corrected chi connectivity index (χ2v) is 13.0. The fraction of sp³-hybridized carbons (Fsp3) is 0.500. The van der Waals surface area contributed by atoms with Gasteiger partial charge in [0.1, 0.15) is 0 Å². The van der Waals surface area contributed by atoms with E-state index in [1.807, 2.05) is 13.0 Å². The highest BCUT2D eigenvalue weighted by Gasteiger charge is 2.47. The van der Waals surface area contributed by atoms with Crippen molar-refractivity contribution in [3.63, 3.8) is 0 Å². The van der Waals surface area contributed by atoms with Crippen LogP contribution in [-0.4, -0.2) is 22.2 Å². The quantitative estimate of drug-likeness (QED) is 0.301. The molecule has 4 aliphatic rings. The molecule has 3 aromatic rings. The van der Waals surface area contributed by atoms with Crippen LogP contribution in [0.5, 0.6) is 0 Å². The van der Waals surface area contributed by atoms with E-state index < -0.39 is 0 Å². The van der Waals surface area contributed by atoms with Crippen LogP contribution in [0.25, 0.3) is 16.9 Å². The van der Waals surface area contributed by atoms with Gasteiger partial charge in [0.2, 0.25) is 0 Å². The monoisotopic (exact) mass is 549 g/mol. The van der Waals surface area contributed by atoms with Crippen LogP contribution in [0, 0.1) is 50.4 Å². The molecule has 0 unspecified atom stereocenters. The third-order valence-electron chi connectivity index (χ3n) is 9.68. The van der Waals surface area contributed by atoms with Crippen molar-refractivity contribution in [2.75, 3.05) is 6.54 Å². The topological polar surface area (TPSA) is 46.9 Å². The molecule has 4 aliphatic carbocycles. The molecular weight excluding hydrogens is 513 g/mol. The van der Waals surface area contributed by atoms with Gasteiger partial charge in [-0.2, -0.15) is 5.10 Å². The molecule has 4 bridgehead atoms. The van der Waals surface area contributed by atoms with E-state index in [-0.39, 0.29) is 5.91 Å². The molecule has 0 atom stereocenters. The third-order valence-corrected chi connectivity index (χ3v) is 10.2. The number of aryl methyl sites for hydroxylation is 2. The van der Waals surface area contributed by atoms with E-state index in [0.29, 0.717) is 28.0 Å². The van der Waals surface area contributed by atoms with Gasteiger partial charge in [-0.1, -0.05) is 35.3 Å². The van der Waals surface area contributed by atoms with Crippen LogP contribution in [0.1, 0.15) is 72.1 Å². The summed E-state index contributed by atoms with van der Waals surface area (Å²) in [4.78, 5) is 13.4. The first-order valence-electron chi connectivity index (χ1n) is 14.2. The van der Waals surface area contributed by atoms with Gasteiger partial charge in [-0.25, -0.2) is 4.68 Å². The highest BCUT2D eigenvalue weighted by atomic mass is 35.5. The summed E-state index contributed by atoms with van der Waals surface area (Å²) in [6.07, 6.45) is 9.57. The molecule has 200 valence electrons. The molecule has 0 radical (unpaired) electrons. The molecule has 1 amide bonds. The number of aromatic nitrogens is 2. The second kappa shape index (κ2) is 10.4. The summed E-state index contributed by atoms with van der Waals surface area (Å²) >= 11 is 12.8. The SMILES string of the molecule is Cc1ccc(-c2c(C)c(C(=O)NCCCC3C4CC5CC(C4)CC3C5)nn2-c2ccc(Cl)cc2Cl)cc1C. The fourth-order valence-electron chi connectivity index (χ4n) is 7.90. The maximum Gasteiger partial charge on any atom is 0.272 e. The van der Waals surface area contributed by atoms with Gasteiger partial charge in [0, 0.05) is 22.7 Å². The number of halogens is 2. The van der Waals surface area contributed by atoms with E-state index in [2.05, 4.69) is 37.4 Å². The van der Waals surface area contributed by atoms with Crippen LogP contribution in [0.3, 0.4) is 0 Å². The molecule has 4 fully saturated rings. The van der Waals surface area contributed by atoms with Gasteiger partial charge in [-0.15, -0.1) is 0 Å². The minimum Gasteiger partial charge on any atom is -0.351 e. The Morgan fingerprint density at radius 1 is 0.947 bits per heavy atom. The normalized spacial score (nSPS) is 25.7. The zero-order valence-electron chi connectivity index (χ0n) is 22.6. The van der Waals surface area contributed by atoms with Crippen molar-refractivity contribution in [1.29, 1.82) is 0 Å². The van der Waals surface area contributed by atoms with Gasteiger partial charge in [-0.05, 0) is 131 Å². The molecule has 2 aromatic carbocycles. The first kappa shape index (κ1) is 26.0. The van der Waals surface area contributed by atoms with E-state index in [1.54, 1.807) is 16.8 Å². The van der Waals surface area contributed by atoms with Gasteiger partial charge in [0.15, 0.2) is 5.69 Å². The van der Waals surface area contributed by atoms with Crippen LogP contribution in [0.15, 0.2) is 36.4 Å². The van der Waals surface area contributed by atoms with Crippen molar-refractivity contribution in [2.24, 2.45) is 29.6 Å². The number of amides is 1. The summed E-state index contributed by atoms with van der Waals surface area (Å²) < 4.78 is 1.79. The Hall–Kier alpha value is -2.30. The van der Waals surface area contributed by atoms with Gasteiger partial charge in [0.25, 0.3) is 5.91 Å². The number of hydrogen-bond acceptors (Lipinski definition) is 2. The number of nitrogens with one attached hydrogen (secondary N) is 1. The molecule has 4 saturated carbocycles. The van der Waals surface area contributed by atoms with E-state index in [1.165, 1.54) is 49.7 Å². The summed E-state index contributed by atoms with van der Waals surface area (Å²) in [5, 5.41) is 9.04. The van der Waals surface area contributed by atoms with Gasteiger partial charge in [0.05, 0.1) is 16.4 Å². The Morgan fingerprint density at radius 3 is 2.32 bits per heavy atom. The first-order valence-corrected chi connectivity index (χ1v) is 14.9. The van der Waals surface area contributed by atoms with E-state index in [9.17, 15) is 4.79 Å². The van der Waals surface area contributed by atoms with Crippen LogP contribution in [-0.2, 0) is 0 Å². The lowest BCUT2D eigenvalue weighted by atomic mass is 9.51. The van der Waals surface area contributed by atoms with Crippen LogP contribution in [0.4, 0.5) is 0 Å². The summed E-state index contributed by atoms with van der Waals surface area (Å²) in [6, 6.07) is 11.7. The lowest BCUT2D eigenvalue weighted by molar-refractivity contribution is -0.0401. The largest absolute Gasteiger partial charge is 0.351 e. The van der Waals surface area contributed by atoms with Gasteiger partial charge in [-0.3, -0.25) is 4.79 Å². The third kappa shape index (κ3) is 4.79. The van der Waals surface area contributed by atoms with Gasteiger partial charge >= 0.3 is 0 Å². The average Bonchev–Trinajstić information content (AvgIpc) is 3.21. The molecule has 1 heterocycles. The van der Waals surface area contributed by atoms with Crippen molar-refractivity contribution in [3.8, 4) is 16.9 Å². The Labute approximate surface area is 236 Å². The first-order chi connectivity index (χ1) is 18.3. The van der Waals surface area contributed by atoms with Crippen molar-refractivity contribution < 1.29 is 4.79 Å². The van der Waals surface area contributed by atoms with Crippen molar-refractivity contribution in [1.82, 2.24) is 15.1 Å². The average molecular weight is 551 g/mol. The van der Waals surface area contributed by atoms with E-state index in [4.69, 9.17) is 28.3 Å². The molecule has 0 aliphatic heterocycles. The van der Waals surface area contributed by atoms with E-state index >= 15 is 0 Å². The number of benzene rings is 2. The number of carbonyl (C=O) groups is 1. The van der Waals surface area contributed by atoms with Gasteiger partial charge < -0.3 is 5.32 Å². The summed E-state index contributed by atoms with van der Waals surface area (Å²) in [5.41, 5.74) is 6.28. The zero-order chi connectivity index (χ0) is 26.6. The Bertz CT molecular complexity index is 1350. The van der Waals surface area contributed by atoms with Crippen molar-refractivity contribution in [3.05, 3.63) is 68.8 Å². The number of carbonyl (C=O) groups excluding carboxylic acids is 1. The Balaban J connectivity index is 1.21. The molecule has 1 N–H and O–H groups in total. The molecule has 38 heavy (non-hydrogen) atoms. The maximum atomic E-state index is 13.4. The predicted octanol–water partition coefficient (Wildman–Crippen LogP) is 8.35. The predicted molar refractivity (Wildman–Crippen MR) is 155 cm³/mol. The summed E-state index contributed by atoms with van der Waals surface area (Å²) in [7, 11) is 0. The van der Waals surface area contributed by atoms with Crippen LogP contribution in [0.2, 0.25) is 10.0 Å². The van der Waals surface area contributed by atoms with E-state index in [0.717, 1.165) is 52.8 Å². The lowest BCUT2D eigenvalue weighted by Crippen LogP contribution is -2.45. The molecule has 4 nitrogen and oxygen atoms in total. The second-order valence-electron chi connectivity index (χ2n) is 12.1. The number of hydrogen-bond donors (Lipinski definition) is 1. The molecule has 7 rings (SSSR count). The fourth-order valence-corrected chi connectivity index (χ4v) is 8.39. The van der Waals surface area contributed by atoms with Crippen molar-refractivity contribution >= 4 is 29.1 Å². The molecule has 0 saturated heterocycles. The van der Waals surface area contributed by atoms with Crippen LogP contribution >= 0.6 is 23.2 Å². The highest BCUT2D eigenvalue weighted by molar-refractivity contribution is 6.35. The number of nitrogens with zero attached hydrogens (tertiary/aromatic N) is 2. The van der Waals surface area contributed by atoms with Crippen molar-refractivity contribution in [2.45, 2.75) is 65.7 Å². The maximum absolute atomic E-state index is 13.4. The minimum absolute atomic E-state index is 0.124.